The van der Waals surface area contributed by atoms with Crippen molar-refractivity contribution in [3.63, 3.8) is 0 Å². The molecule has 2 rings (SSSR count). The second-order valence-electron chi connectivity index (χ2n) is 5.57. The first kappa shape index (κ1) is 18.1. The van der Waals surface area contributed by atoms with E-state index in [2.05, 4.69) is 0 Å². The highest BCUT2D eigenvalue weighted by molar-refractivity contribution is 6.31. The van der Waals surface area contributed by atoms with Gasteiger partial charge in [-0.1, -0.05) is 11.6 Å². The Morgan fingerprint density at radius 1 is 1.38 bits per heavy atom. The van der Waals surface area contributed by atoms with Crippen molar-refractivity contribution in [1.29, 1.82) is 0 Å². The molecule has 0 bridgehead atoms. The molecule has 0 saturated carbocycles. The number of amides is 2. The summed E-state index contributed by atoms with van der Waals surface area (Å²) >= 11 is 6.28. The lowest BCUT2D eigenvalue weighted by atomic mass is 9.87. The summed E-state index contributed by atoms with van der Waals surface area (Å²) in [5, 5.41) is 0.293. The third-order valence-corrected chi connectivity index (χ3v) is 4.50. The van der Waals surface area contributed by atoms with Gasteiger partial charge < -0.3 is 20.1 Å². The predicted octanol–water partition coefficient (Wildman–Crippen LogP) is 2.17. The number of carbonyl (C=O) groups excluding carboxylic acids is 3. The van der Waals surface area contributed by atoms with Gasteiger partial charge >= 0.3 is 6.09 Å². The molecule has 1 saturated heterocycles. The first-order valence-corrected chi connectivity index (χ1v) is 7.86. The van der Waals surface area contributed by atoms with E-state index in [4.69, 9.17) is 26.8 Å². The molecule has 1 heterocycles. The van der Waals surface area contributed by atoms with Crippen LogP contribution in [0.15, 0.2) is 12.1 Å². The molecule has 0 spiro atoms. The molecule has 0 aromatic heterocycles. The summed E-state index contributed by atoms with van der Waals surface area (Å²) in [6.45, 7) is 1.13. The highest BCUT2D eigenvalue weighted by Gasteiger charge is 2.32. The molecule has 2 N–H and O–H groups in total. The Morgan fingerprint density at radius 2 is 2.04 bits per heavy atom. The average Bonchev–Trinajstić information content (AvgIpc) is 2.59. The molecule has 1 aliphatic heterocycles. The fourth-order valence-corrected chi connectivity index (χ4v) is 3.22. The number of hydrogen-bond acceptors (Lipinski definition) is 5. The number of ether oxygens (including phenoxy) is 2. The molecule has 1 unspecified atom stereocenters. The number of likely N-dealkylation sites (tertiary alicyclic amines) is 1. The van der Waals surface area contributed by atoms with Crippen molar-refractivity contribution < 1.29 is 23.9 Å². The Kier molecular flexibility index (Phi) is 6.03. The van der Waals surface area contributed by atoms with E-state index in [1.54, 1.807) is 11.0 Å². The number of benzene rings is 1. The minimum absolute atomic E-state index is 0.0435. The van der Waals surface area contributed by atoms with Gasteiger partial charge in [-0.2, -0.15) is 0 Å². The summed E-state index contributed by atoms with van der Waals surface area (Å²) in [6.07, 6.45) is 1.15. The number of aldehydes is 1. The Bertz CT molecular complexity index is 629. The standard InChI is InChI=1S/C16H19ClN2O5/c1-23-14-7-12(13(17)6-11(14)8-20)15(24-16(18)22)10-2-4-19(9-21)5-3-10/h6-10,15H,2-5H2,1H3,(H2,18,22). The monoisotopic (exact) mass is 354 g/mol. The summed E-state index contributed by atoms with van der Waals surface area (Å²) < 4.78 is 10.5. The molecular weight excluding hydrogens is 336 g/mol. The second kappa shape index (κ2) is 8.01. The van der Waals surface area contributed by atoms with Crippen LogP contribution in [-0.4, -0.2) is 43.9 Å². The molecule has 7 nitrogen and oxygen atoms in total. The van der Waals surface area contributed by atoms with Crippen molar-refractivity contribution in [2.45, 2.75) is 18.9 Å². The zero-order valence-corrected chi connectivity index (χ0v) is 14.0. The molecule has 1 aliphatic rings. The predicted molar refractivity (Wildman–Crippen MR) is 87.2 cm³/mol. The third-order valence-electron chi connectivity index (χ3n) is 4.18. The SMILES string of the molecule is COc1cc(C(OC(N)=O)C2CCN(C=O)CC2)c(Cl)cc1C=O. The van der Waals surface area contributed by atoms with Gasteiger partial charge in [-0.15, -0.1) is 0 Å². The number of nitrogens with two attached hydrogens (primary N) is 1. The number of rotatable bonds is 6. The van der Waals surface area contributed by atoms with Gasteiger partial charge in [-0.05, 0) is 25.0 Å². The zero-order valence-electron chi connectivity index (χ0n) is 13.2. The van der Waals surface area contributed by atoms with Crippen LogP contribution in [0.4, 0.5) is 4.79 Å². The Morgan fingerprint density at radius 3 is 2.54 bits per heavy atom. The van der Waals surface area contributed by atoms with Crippen LogP contribution >= 0.6 is 11.6 Å². The summed E-state index contributed by atoms with van der Waals surface area (Å²) in [4.78, 5) is 34.9. The largest absolute Gasteiger partial charge is 0.496 e. The number of piperidine rings is 1. The fraction of sp³-hybridized carbons (Fsp3) is 0.438. The second-order valence-corrected chi connectivity index (χ2v) is 5.98. The minimum Gasteiger partial charge on any atom is -0.496 e. The number of methoxy groups -OCH3 is 1. The smallest absolute Gasteiger partial charge is 0.405 e. The molecule has 24 heavy (non-hydrogen) atoms. The average molecular weight is 355 g/mol. The summed E-state index contributed by atoms with van der Waals surface area (Å²) in [5.74, 6) is 0.297. The van der Waals surface area contributed by atoms with Gasteiger partial charge in [0, 0.05) is 29.6 Å². The van der Waals surface area contributed by atoms with Crippen molar-refractivity contribution in [2.75, 3.05) is 20.2 Å². The summed E-state index contributed by atoms with van der Waals surface area (Å²) in [5.41, 5.74) is 6.04. The van der Waals surface area contributed by atoms with E-state index < -0.39 is 12.2 Å². The third kappa shape index (κ3) is 3.97. The zero-order chi connectivity index (χ0) is 17.7. The van der Waals surface area contributed by atoms with E-state index in [-0.39, 0.29) is 5.92 Å². The normalized spacial score (nSPS) is 16.3. The van der Waals surface area contributed by atoms with Crippen molar-refractivity contribution in [1.82, 2.24) is 4.90 Å². The van der Waals surface area contributed by atoms with Gasteiger partial charge in [0.15, 0.2) is 6.29 Å². The van der Waals surface area contributed by atoms with Crippen LogP contribution in [0.5, 0.6) is 5.75 Å². The van der Waals surface area contributed by atoms with Crippen LogP contribution in [0.2, 0.25) is 5.02 Å². The van der Waals surface area contributed by atoms with Gasteiger partial charge in [-0.3, -0.25) is 9.59 Å². The van der Waals surface area contributed by atoms with Gasteiger partial charge in [0.2, 0.25) is 6.41 Å². The number of primary amides is 1. The highest BCUT2D eigenvalue weighted by atomic mass is 35.5. The maximum Gasteiger partial charge on any atom is 0.405 e. The van der Waals surface area contributed by atoms with Crippen LogP contribution < -0.4 is 10.5 Å². The van der Waals surface area contributed by atoms with E-state index in [0.717, 1.165) is 6.41 Å². The van der Waals surface area contributed by atoms with Crippen molar-refractivity contribution in [3.05, 3.63) is 28.3 Å². The van der Waals surface area contributed by atoms with E-state index >= 15 is 0 Å². The van der Waals surface area contributed by atoms with E-state index in [1.807, 2.05) is 0 Å². The molecule has 8 heteroatoms. The van der Waals surface area contributed by atoms with E-state index in [9.17, 15) is 14.4 Å². The van der Waals surface area contributed by atoms with Crippen molar-refractivity contribution in [3.8, 4) is 5.75 Å². The lowest BCUT2D eigenvalue weighted by Gasteiger charge is -2.34. The highest BCUT2D eigenvalue weighted by Crippen LogP contribution is 2.39. The van der Waals surface area contributed by atoms with Crippen LogP contribution in [0.25, 0.3) is 0 Å². The maximum absolute atomic E-state index is 11.3. The van der Waals surface area contributed by atoms with Crippen LogP contribution in [-0.2, 0) is 9.53 Å². The Labute approximate surface area is 144 Å². The maximum atomic E-state index is 11.3. The van der Waals surface area contributed by atoms with Crippen molar-refractivity contribution in [2.24, 2.45) is 11.7 Å². The van der Waals surface area contributed by atoms with E-state index in [1.165, 1.54) is 13.2 Å². The van der Waals surface area contributed by atoms with E-state index in [0.29, 0.717) is 54.1 Å². The lowest BCUT2D eigenvalue weighted by molar-refractivity contribution is -0.120. The van der Waals surface area contributed by atoms with Gasteiger partial charge in [0.05, 0.1) is 12.7 Å². The molecular formula is C16H19ClN2O5. The quantitative estimate of drug-likeness (QED) is 0.789. The molecule has 1 aromatic rings. The first-order valence-electron chi connectivity index (χ1n) is 7.48. The van der Waals surface area contributed by atoms with Crippen LogP contribution in [0.1, 0.15) is 34.9 Å². The van der Waals surface area contributed by atoms with Gasteiger partial charge in [-0.25, -0.2) is 4.79 Å². The Balaban J connectivity index is 2.36. The molecule has 1 aromatic carbocycles. The summed E-state index contributed by atoms with van der Waals surface area (Å²) in [6, 6.07) is 3.06. The number of halogens is 1. The van der Waals surface area contributed by atoms with Gasteiger partial charge in [0.1, 0.15) is 11.9 Å². The topological polar surface area (TPSA) is 98.9 Å². The molecule has 2 amide bonds. The molecule has 0 radical (unpaired) electrons. The number of nitrogens with zero attached hydrogens (tertiary/aromatic N) is 1. The number of carbonyl (C=O) groups is 3. The molecule has 0 aliphatic carbocycles. The van der Waals surface area contributed by atoms with Crippen LogP contribution in [0, 0.1) is 5.92 Å². The lowest BCUT2D eigenvalue weighted by Crippen LogP contribution is -2.36. The summed E-state index contributed by atoms with van der Waals surface area (Å²) in [7, 11) is 1.44. The fourth-order valence-electron chi connectivity index (χ4n) is 2.94. The Hall–Kier alpha value is -2.28. The molecule has 1 fully saturated rings. The minimum atomic E-state index is -0.910. The van der Waals surface area contributed by atoms with Gasteiger partial charge in [0.25, 0.3) is 0 Å². The number of hydrogen-bond donors (Lipinski definition) is 1. The van der Waals surface area contributed by atoms with Crippen LogP contribution in [0.3, 0.4) is 0 Å². The first-order chi connectivity index (χ1) is 11.5. The molecule has 130 valence electrons. The molecule has 1 atom stereocenters. The van der Waals surface area contributed by atoms with Crippen molar-refractivity contribution >= 4 is 30.4 Å².